The largest absolute Gasteiger partial charge is 0.346 e. The van der Waals surface area contributed by atoms with Crippen LogP contribution in [0.4, 0.5) is 0 Å². The van der Waals surface area contributed by atoms with Crippen molar-refractivity contribution in [3.8, 4) is 0 Å². The number of rotatable bonds is 25. The summed E-state index contributed by atoms with van der Waals surface area (Å²) in [5.74, 6) is 0.324. The summed E-state index contributed by atoms with van der Waals surface area (Å²) in [6.07, 6.45) is 25.6. The Morgan fingerprint density at radius 2 is 0.844 bits per heavy atom. The molecule has 0 bridgehead atoms. The smallest absolute Gasteiger partial charge is 0.222 e. The minimum Gasteiger partial charge on any atom is -0.346 e. The molecule has 0 aromatic carbocycles. The molecule has 0 heterocycles. The zero-order valence-electron chi connectivity index (χ0n) is 34.2. The van der Waals surface area contributed by atoms with Crippen LogP contribution >= 0.6 is 0 Å². The molecule has 0 aliphatic rings. The summed E-state index contributed by atoms with van der Waals surface area (Å²) in [7, 11) is 1.97. The third-order valence-electron chi connectivity index (χ3n) is 11.3. The molecular weight excluding hydrogens is 546 g/mol. The minimum absolute atomic E-state index is 0.289. The number of nitrogens with zero attached hydrogens (tertiary/aromatic N) is 1. The predicted molar refractivity (Wildman–Crippen MR) is 204 cm³/mol. The van der Waals surface area contributed by atoms with Crippen molar-refractivity contribution in [1.29, 1.82) is 0 Å². The van der Waals surface area contributed by atoms with Crippen LogP contribution in [0, 0.1) is 32.5 Å². The Balaban J connectivity index is 4.31. The van der Waals surface area contributed by atoms with Gasteiger partial charge in [-0.15, -0.1) is 0 Å². The summed E-state index contributed by atoms with van der Waals surface area (Å²) < 4.78 is 0. The molecule has 1 atom stereocenters. The Morgan fingerprint density at radius 1 is 0.444 bits per heavy atom. The van der Waals surface area contributed by atoms with E-state index in [0.717, 1.165) is 25.8 Å². The standard InChI is InChI=1S/C43H87NO/c1-16-43(14,30-21-19-17-18-20-25-37(45)44(15)36-35-39(5,6)7)34-33-42(12,13)29-24-28-41(10,11)32-31-40(8,9)27-23-22-26-38(2,3)4/h16-36H2,1-15H3. The molecule has 45 heavy (non-hydrogen) atoms. The Labute approximate surface area is 286 Å². The van der Waals surface area contributed by atoms with Crippen LogP contribution in [0.2, 0.25) is 0 Å². The van der Waals surface area contributed by atoms with Gasteiger partial charge in [0.25, 0.3) is 0 Å². The molecule has 0 aromatic heterocycles. The summed E-state index contributed by atoms with van der Waals surface area (Å²) in [4.78, 5) is 14.4. The van der Waals surface area contributed by atoms with Crippen molar-refractivity contribution >= 4 is 5.91 Å². The van der Waals surface area contributed by atoms with Crippen LogP contribution < -0.4 is 0 Å². The SMILES string of the molecule is CCC(C)(CCCCCCCC(=O)N(C)CCC(C)(C)C)CCC(C)(C)CCCC(C)(C)CCC(C)(C)CCCCC(C)(C)C. The van der Waals surface area contributed by atoms with Crippen molar-refractivity contribution in [1.82, 2.24) is 4.90 Å². The number of unbranched alkanes of at least 4 members (excludes halogenated alkanes) is 5. The maximum Gasteiger partial charge on any atom is 0.222 e. The fraction of sp³-hybridized carbons (Fsp3) is 0.977. The number of hydrogen-bond donors (Lipinski definition) is 0. The normalized spacial score (nSPS) is 14.9. The Hall–Kier alpha value is -0.530. The Bertz CT molecular complexity index is 777. The third-order valence-corrected chi connectivity index (χ3v) is 11.3. The van der Waals surface area contributed by atoms with Gasteiger partial charge >= 0.3 is 0 Å². The van der Waals surface area contributed by atoms with Gasteiger partial charge in [-0.25, -0.2) is 0 Å². The second-order valence-corrected chi connectivity index (χ2v) is 20.7. The first-order valence-corrected chi connectivity index (χ1v) is 19.6. The highest BCUT2D eigenvalue weighted by Gasteiger charge is 2.28. The van der Waals surface area contributed by atoms with E-state index in [1.165, 1.54) is 109 Å². The first-order valence-electron chi connectivity index (χ1n) is 19.6. The molecule has 0 rings (SSSR count). The van der Waals surface area contributed by atoms with Crippen molar-refractivity contribution in [3.63, 3.8) is 0 Å². The lowest BCUT2D eigenvalue weighted by Gasteiger charge is -2.35. The molecule has 0 aliphatic carbocycles. The molecule has 0 N–H and O–H groups in total. The molecule has 2 heteroatoms. The summed E-state index contributed by atoms with van der Waals surface area (Å²) >= 11 is 0. The Kier molecular flexibility index (Phi) is 19.9. The summed E-state index contributed by atoms with van der Waals surface area (Å²) in [6, 6.07) is 0. The second-order valence-electron chi connectivity index (χ2n) is 20.7. The fourth-order valence-electron chi connectivity index (χ4n) is 6.65. The van der Waals surface area contributed by atoms with Crippen LogP contribution in [0.15, 0.2) is 0 Å². The summed E-state index contributed by atoms with van der Waals surface area (Å²) in [5.41, 5.74) is 2.60. The van der Waals surface area contributed by atoms with Gasteiger partial charge in [0.2, 0.25) is 5.91 Å². The van der Waals surface area contributed by atoms with E-state index in [1.807, 2.05) is 11.9 Å². The van der Waals surface area contributed by atoms with E-state index in [2.05, 4.69) is 96.9 Å². The van der Waals surface area contributed by atoms with Crippen molar-refractivity contribution in [2.45, 2.75) is 225 Å². The molecule has 270 valence electrons. The van der Waals surface area contributed by atoms with E-state index >= 15 is 0 Å². The van der Waals surface area contributed by atoms with Gasteiger partial charge in [0.05, 0.1) is 0 Å². The summed E-state index contributed by atoms with van der Waals surface area (Å²) in [5, 5.41) is 0. The maximum absolute atomic E-state index is 12.4. The first-order chi connectivity index (χ1) is 20.4. The number of amides is 1. The minimum atomic E-state index is 0.289. The van der Waals surface area contributed by atoms with E-state index in [9.17, 15) is 4.79 Å². The van der Waals surface area contributed by atoms with E-state index < -0.39 is 0 Å². The molecule has 0 fully saturated rings. The quantitative estimate of drug-likeness (QED) is 0.0916. The van der Waals surface area contributed by atoms with Crippen LogP contribution in [-0.4, -0.2) is 24.4 Å². The lowest BCUT2D eigenvalue weighted by Crippen LogP contribution is -2.29. The van der Waals surface area contributed by atoms with Crippen molar-refractivity contribution < 1.29 is 4.79 Å². The molecule has 0 saturated carbocycles. The van der Waals surface area contributed by atoms with Gasteiger partial charge < -0.3 is 4.90 Å². The highest BCUT2D eigenvalue weighted by atomic mass is 16.2. The molecule has 0 spiro atoms. The average Bonchev–Trinajstić information content (AvgIpc) is 2.90. The van der Waals surface area contributed by atoms with Gasteiger partial charge in [-0.05, 0) is 103 Å². The topological polar surface area (TPSA) is 20.3 Å². The van der Waals surface area contributed by atoms with Crippen molar-refractivity contribution in [2.24, 2.45) is 32.5 Å². The zero-order chi connectivity index (χ0) is 35.0. The fourth-order valence-corrected chi connectivity index (χ4v) is 6.65. The lowest BCUT2D eigenvalue weighted by atomic mass is 9.71. The van der Waals surface area contributed by atoms with E-state index in [0.29, 0.717) is 33.0 Å². The third kappa shape index (κ3) is 25.2. The van der Waals surface area contributed by atoms with Crippen molar-refractivity contribution in [3.05, 3.63) is 0 Å². The molecular formula is C43H87NO. The van der Waals surface area contributed by atoms with Crippen LogP contribution in [0.1, 0.15) is 225 Å². The lowest BCUT2D eigenvalue weighted by molar-refractivity contribution is -0.130. The predicted octanol–water partition coefficient (Wildman–Crippen LogP) is 14.4. The molecule has 0 aliphatic heterocycles. The molecule has 1 amide bonds. The van der Waals surface area contributed by atoms with Crippen LogP contribution in [0.5, 0.6) is 0 Å². The molecule has 2 nitrogen and oxygen atoms in total. The average molecular weight is 634 g/mol. The number of hydrogen-bond acceptors (Lipinski definition) is 1. The van der Waals surface area contributed by atoms with Crippen LogP contribution in [0.25, 0.3) is 0 Å². The van der Waals surface area contributed by atoms with Gasteiger partial charge in [0, 0.05) is 20.0 Å². The summed E-state index contributed by atoms with van der Waals surface area (Å²) in [6.45, 7) is 34.8. The van der Waals surface area contributed by atoms with Crippen LogP contribution in [0.3, 0.4) is 0 Å². The van der Waals surface area contributed by atoms with Gasteiger partial charge in [-0.1, -0.05) is 148 Å². The maximum atomic E-state index is 12.4. The highest BCUT2D eigenvalue weighted by Crippen LogP contribution is 2.42. The Morgan fingerprint density at radius 3 is 1.33 bits per heavy atom. The molecule has 0 saturated heterocycles. The van der Waals surface area contributed by atoms with Crippen molar-refractivity contribution in [2.75, 3.05) is 13.6 Å². The number of carbonyl (C=O) groups excluding carboxylic acids is 1. The molecule has 1 unspecified atom stereocenters. The van der Waals surface area contributed by atoms with Gasteiger partial charge in [0.15, 0.2) is 0 Å². The van der Waals surface area contributed by atoms with Gasteiger partial charge in [-0.2, -0.15) is 0 Å². The highest BCUT2D eigenvalue weighted by molar-refractivity contribution is 5.75. The molecule has 0 aromatic rings. The zero-order valence-corrected chi connectivity index (χ0v) is 34.2. The van der Waals surface area contributed by atoms with Gasteiger partial charge in [0.1, 0.15) is 0 Å². The van der Waals surface area contributed by atoms with Gasteiger partial charge in [-0.3, -0.25) is 4.79 Å². The van der Waals surface area contributed by atoms with Crippen LogP contribution in [-0.2, 0) is 4.79 Å². The number of carbonyl (C=O) groups is 1. The second kappa shape index (κ2) is 20.1. The van der Waals surface area contributed by atoms with E-state index in [1.54, 1.807) is 0 Å². The first kappa shape index (κ1) is 44.5. The molecule has 0 radical (unpaired) electrons. The monoisotopic (exact) mass is 634 g/mol. The van der Waals surface area contributed by atoms with E-state index in [-0.39, 0.29) is 5.41 Å². The van der Waals surface area contributed by atoms with E-state index in [4.69, 9.17) is 0 Å².